The molecular weight excluding hydrogens is 194 g/mol. The van der Waals surface area contributed by atoms with E-state index >= 15 is 0 Å². The number of carbonyl (C=O) groups excluding carboxylic acids is 1. The molecule has 0 spiro atoms. The number of amides is 1. The standard InChI is InChI=1S/C11H17NOS/c1-4-8(3)10(5-2)11(13)12-9-6-14-7-9/h4-5,9H,6-7H2,1-3H3,(H,12,13). The van der Waals surface area contributed by atoms with Crippen molar-refractivity contribution in [3.63, 3.8) is 0 Å². The van der Waals surface area contributed by atoms with Crippen LogP contribution in [0, 0.1) is 0 Å². The number of carbonyl (C=O) groups is 1. The van der Waals surface area contributed by atoms with E-state index in [-0.39, 0.29) is 5.91 Å². The molecule has 0 aromatic rings. The molecule has 0 bridgehead atoms. The van der Waals surface area contributed by atoms with Crippen molar-refractivity contribution in [3.05, 3.63) is 23.3 Å². The number of nitrogens with one attached hydrogen (secondary N) is 1. The summed E-state index contributed by atoms with van der Waals surface area (Å²) in [6, 6.07) is 0.382. The molecule has 1 fully saturated rings. The number of allylic oxidation sites excluding steroid dienone is 2. The minimum atomic E-state index is 0.0633. The van der Waals surface area contributed by atoms with Gasteiger partial charge in [-0.2, -0.15) is 11.8 Å². The van der Waals surface area contributed by atoms with Crippen molar-refractivity contribution in [3.8, 4) is 0 Å². The second-order valence-corrected chi connectivity index (χ2v) is 4.46. The van der Waals surface area contributed by atoms with Crippen LogP contribution in [0.25, 0.3) is 0 Å². The highest BCUT2D eigenvalue weighted by atomic mass is 32.2. The molecule has 1 N–H and O–H groups in total. The van der Waals surface area contributed by atoms with Gasteiger partial charge in [-0.15, -0.1) is 0 Å². The van der Waals surface area contributed by atoms with Gasteiger partial charge < -0.3 is 5.32 Å². The van der Waals surface area contributed by atoms with Crippen LogP contribution in [0.2, 0.25) is 0 Å². The van der Waals surface area contributed by atoms with Crippen molar-refractivity contribution in [1.82, 2.24) is 5.32 Å². The Morgan fingerprint density at radius 1 is 1.36 bits per heavy atom. The van der Waals surface area contributed by atoms with Crippen LogP contribution in [0.3, 0.4) is 0 Å². The van der Waals surface area contributed by atoms with Crippen molar-refractivity contribution < 1.29 is 4.79 Å². The van der Waals surface area contributed by atoms with E-state index in [4.69, 9.17) is 0 Å². The van der Waals surface area contributed by atoms with Crippen LogP contribution < -0.4 is 5.32 Å². The van der Waals surface area contributed by atoms with Gasteiger partial charge in [0.2, 0.25) is 0 Å². The average Bonchev–Trinajstić information content (AvgIpc) is 2.12. The number of rotatable bonds is 3. The first-order valence-electron chi connectivity index (χ1n) is 4.87. The smallest absolute Gasteiger partial charge is 0.251 e. The Balaban J connectivity index is 2.56. The third-order valence-electron chi connectivity index (χ3n) is 2.36. The summed E-state index contributed by atoms with van der Waals surface area (Å²) in [4.78, 5) is 11.7. The molecule has 0 radical (unpaired) electrons. The summed E-state index contributed by atoms with van der Waals surface area (Å²) < 4.78 is 0. The molecule has 78 valence electrons. The lowest BCUT2D eigenvalue weighted by atomic mass is 10.1. The van der Waals surface area contributed by atoms with Crippen molar-refractivity contribution in [2.24, 2.45) is 0 Å². The molecule has 0 saturated carbocycles. The van der Waals surface area contributed by atoms with E-state index in [1.165, 1.54) is 0 Å². The topological polar surface area (TPSA) is 29.1 Å². The predicted molar refractivity (Wildman–Crippen MR) is 62.4 cm³/mol. The molecule has 1 aliphatic heterocycles. The fraction of sp³-hybridized carbons (Fsp3) is 0.545. The van der Waals surface area contributed by atoms with E-state index in [9.17, 15) is 4.79 Å². The summed E-state index contributed by atoms with van der Waals surface area (Å²) in [6.07, 6.45) is 3.83. The van der Waals surface area contributed by atoms with E-state index in [0.29, 0.717) is 6.04 Å². The van der Waals surface area contributed by atoms with Gasteiger partial charge >= 0.3 is 0 Å². The first kappa shape index (κ1) is 11.4. The van der Waals surface area contributed by atoms with Crippen molar-refractivity contribution >= 4 is 17.7 Å². The second kappa shape index (κ2) is 5.25. The molecule has 0 aromatic carbocycles. The van der Waals surface area contributed by atoms with E-state index in [2.05, 4.69) is 5.32 Å². The lowest BCUT2D eigenvalue weighted by molar-refractivity contribution is -0.117. The molecule has 3 heteroatoms. The Hall–Kier alpha value is -0.700. The summed E-state index contributed by atoms with van der Waals surface area (Å²) in [7, 11) is 0. The van der Waals surface area contributed by atoms with E-state index < -0.39 is 0 Å². The normalized spacial score (nSPS) is 19.1. The number of thioether (sulfide) groups is 1. The molecule has 0 atom stereocenters. The van der Waals surface area contributed by atoms with Crippen LogP contribution in [0.5, 0.6) is 0 Å². The maximum atomic E-state index is 11.7. The maximum Gasteiger partial charge on any atom is 0.251 e. The Morgan fingerprint density at radius 2 is 2.00 bits per heavy atom. The SMILES string of the molecule is CC=C(C)C(=CC)C(=O)NC1CSC1. The first-order valence-corrected chi connectivity index (χ1v) is 6.02. The van der Waals surface area contributed by atoms with Crippen molar-refractivity contribution in [2.75, 3.05) is 11.5 Å². The second-order valence-electron chi connectivity index (χ2n) is 3.38. The molecule has 0 unspecified atom stereocenters. The fourth-order valence-electron chi connectivity index (χ4n) is 1.28. The highest BCUT2D eigenvalue weighted by Gasteiger charge is 2.21. The lowest BCUT2D eigenvalue weighted by Crippen LogP contribution is -2.44. The molecule has 14 heavy (non-hydrogen) atoms. The monoisotopic (exact) mass is 211 g/mol. The van der Waals surface area contributed by atoms with Crippen LogP contribution in [-0.2, 0) is 4.79 Å². The minimum absolute atomic E-state index is 0.0633. The van der Waals surface area contributed by atoms with Gasteiger partial charge in [-0.1, -0.05) is 12.2 Å². The average molecular weight is 211 g/mol. The summed E-state index contributed by atoms with van der Waals surface area (Å²) in [6.45, 7) is 5.81. The molecule has 1 heterocycles. The molecule has 1 rings (SSSR count). The third kappa shape index (κ3) is 2.64. The highest BCUT2D eigenvalue weighted by molar-refractivity contribution is 8.00. The fourth-order valence-corrected chi connectivity index (χ4v) is 1.91. The molecular formula is C11H17NOS. The Labute approximate surface area is 89.8 Å². The zero-order valence-electron chi connectivity index (χ0n) is 8.96. The Morgan fingerprint density at radius 3 is 2.36 bits per heavy atom. The van der Waals surface area contributed by atoms with Crippen LogP contribution in [0.15, 0.2) is 23.3 Å². The van der Waals surface area contributed by atoms with Gasteiger partial charge in [-0.3, -0.25) is 4.79 Å². The van der Waals surface area contributed by atoms with Gasteiger partial charge in [0.25, 0.3) is 5.91 Å². The Bertz CT molecular complexity index is 277. The van der Waals surface area contributed by atoms with Crippen LogP contribution in [0.1, 0.15) is 20.8 Å². The molecule has 1 amide bonds. The molecule has 0 aliphatic carbocycles. The van der Waals surface area contributed by atoms with Crippen LogP contribution in [-0.4, -0.2) is 23.5 Å². The predicted octanol–water partition coefficient (Wildman–Crippen LogP) is 2.13. The van der Waals surface area contributed by atoms with Crippen molar-refractivity contribution in [1.29, 1.82) is 0 Å². The first-order chi connectivity index (χ1) is 6.69. The number of hydrogen-bond donors (Lipinski definition) is 1. The minimum Gasteiger partial charge on any atom is -0.348 e. The highest BCUT2D eigenvalue weighted by Crippen LogP contribution is 2.18. The van der Waals surface area contributed by atoms with Gasteiger partial charge in [-0.05, 0) is 26.3 Å². The van der Waals surface area contributed by atoms with Crippen LogP contribution >= 0.6 is 11.8 Å². The van der Waals surface area contributed by atoms with Gasteiger partial charge in [0.05, 0.1) is 0 Å². The summed E-state index contributed by atoms with van der Waals surface area (Å²) >= 11 is 1.87. The summed E-state index contributed by atoms with van der Waals surface area (Å²) in [5.74, 6) is 2.17. The number of hydrogen-bond acceptors (Lipinski definition) is 2. The van der Waals surface area contributed by atoms with E-state index in [1.807, 2.05) is 44.7 Å². The third-order valence-corrected chi connectivity index (χ3v) is 3.64. The molecule has 1 aliphatic rings. The summed E-state index contributed by atoms with van der Waals surface area (Å²) in [5.41, 5.74) is 1.83. The molecule has 0 aromatic heterocycles. The van der Waals surface area contributed by atoms with E-state index in [1.54, 1.807) is 0 Å². The quantitative estimate of drug-likeness (QED) is 0.572. The zero-order valence-corrected chi connectivity index (χ0v) is 9.78. The summed E-state index contributed by atoms with van der Waals surface area (Å²) in [5, 5.41) is 3.01. The molecule has 2 nitrogen and oxygen atoms in total. The van der Waals surface area contributed by atoms with Crippen LogP contribution in [0.4, 0.5) is 0 Å². The maximum absolute atomic E-state index is 11.7. The van der Waals surface area contributed by atoms with E-state index in [0.717, 1.165) is 22.7 Å². The molecule has 1 saturated heterocycles. The Kier molecular flexibility index (Phi) is 4.26. The van der Waals surface area contributed by atoms with Gasteiger partial charge in [-0.25, -0.2) is 0 Å². The lowest BCUT2D eigenvalue weighted by Gasteiger charge is -2.26. The zero-order chi connectivity index (χ0) is 10.6. The van der Waals surface area contributed by atoms with Crippen molar-refractivity contribution in [2.45, 2.75) is 26.8 Å². The van der Waals surface area contributed by atoms with Gasteiger partial charge in [0.15, 0.2) is 0 Å². The largest absolute Gasteiger partial charge is 0.348 e. The van der Waals surface area contributed by atoms with Gasteiger partial charge in [0.1, 0.15) is 0 Å². The van der Waals surface area contributed by atoms with Gasteiger partial charge in [0, 0.05) is 23.1 Å².